The van der Waals surface area contributed by atoms with E-state index in [1.165, 1.54) is 12.3 Å². The topological polar surface area (TPSA) is 179 Å². The standard InChI is InChI=1S/C28H23F2N9O2/c1-14(17-6-7-21(29)22(30)9-17)35-28(41)24-27(34-12-19(10-31)36-24)37-23(13-40)16-4-2-15(3-5-16)18-8-20-25(32)38-39-26(20)33-11-18/h2-9,11-12,14,23,40H,13H2,1H3,(H,34,37)(H,35,41)(H3,32,33,38,39)/t14-,23+/m0/s1. The number of nitrogens with two attached hydrogens (primary N) is 1. The minimum absolute atomic E-state index is 0.0206. The van der Waals surface area contributed by atoms with Crippen molar-refractivity contribution in [2.24, 2.45) is 0 Å². The molecule has 0 saturated heterocycles. The van der Waals surface area contributed by atoms with Gasteiger partial charge in [-0.3, -0.25) is 9.89 Å². The summed E-state index contributed by atoms with van der Waals surface area (Å²) in [6.45, 7) is 1.23. The van der Waals surface area contributed by atoms with E-state index in [2.05, 4.69) is 35.8 Å². The number of benzene rings is 2. The molecule has 0 bridgehead atoms. The predicted molar refractivity (Wildman–Crippen MR) is 146 cm³/mol. The fourth-order valence-corrected chi connectivity index (χ4v) is 4.22. The van der Waals surface area contributed by atoms with Crippen LogP contribution in [0, 0.1) is 23.0 Å². The van der Waals surface area contributed by atoms with Gasteiger partial charge in [-0.05, 0) is 41.8 Å². The van der Waals surface area contributed by atoms with Crippen LogP contribution in [0.25, 0.3) is 22.2 Å². The fraction of sp³-hybridized carbons (Fsp3) is 0.143. The van der Waals surface area contributed by atoms with Crippen LogP contribution >= 0.6 is 0 Å². The second-order valence-electron chi connectivity index (χ2n) is 9.16. The van der Waals surface area contributed by atoms with Crippen LogP contribution in [0.1, 0.15) is 46.3 Å². The Kier molecular flexibility index (Phi) is 7.49. The zero-order valence-corrected chi connectivity index (χ0v) is 21.6. The van der Waals surface area contributed by atoms with E-state index in [0.717, 1.165) is 23.3 Å². The van der Waals surface area contributed by atoms with Crippen molar-refractivity contribution in [3.05, 3.63) is 95.1 Å². The van der Waals surface area contributed by atoms with Crippen LogP contribution in [0.15, 0.2) is 60.9 Å². The minimum Gasteiger partial charge on any atom is -0.394 e. The normalized spacial score (nSPS) is 12.5. The molecule has 0 unspecified atom stereocenters. The van der Waals surface area contributed by atoms with Crippen molar-refractivity contribution in [3.63, 3.8) is 0 Å². The maximum atomic E-state index is 13.7. The lowest BCUT2D eigenvalue weighted by Crippen LogP contribution is -2.29. The second kappa shape index (κ2) is 11.3. The Morgan fingerprint density at radius 3 is 2.54 bits per heavy atom. The highest BCUT2D eigenvalue weighted by molar-refractivity contribution is 5.97. The van der Waals surface area contributed by atoms with Gasteiger partial charge in [-0.2, -0.15) is 10.4 Å². The lowest BCUT2D eigenvalue weighted by molar-refractivity contribution is 0.0935. The van der Waals surface area contributed by atoms with Gasteiger partial charge < -0.3 is 21.5 Å². The van der Waals surface area contributed by atoms with Crippen LogP contribution in [0.2, 0.25) is 0 Å². The van der Waals surface area contributed by atoms with E-state index in [1.54, 1.807) is 25.3 Å². The van der Waals surface area contributed by atoms with Crippen molar-refractivity contribution in [3.8, 4) is 17.2 Å². The zero-order valence-electron chi connectivity index (χ0n) is 21.6. The molecule has 0 saturated carbocycles. The third kappa shape index (κ3) is 5.63. The van der Waals surface area contributed by atoms with Gasteiger partial charge in [-0.1, -0.05) is 30.3 Å². The summed E-state index contributed by atoms with van der Waals surface area (Å²) in [5.74, 6) is -2.39. The van der Waals surface area contributed by atoms with E-state index in [4.69, 9.17) is 5.73 Å². The van der Waals surface area contributed by atoms with Crippen molar-refractivity contribution in [1.29, 1.82) is 5.26 Å². The Morgan fingerprint density at radius 1 is 1.07 bits per heavy atom. The number of nitrogens with one attached hydrogen (secondary N) is 3. The van der Waals surface area contributed by atoms with Crippen LogP contribution in [0.5, 0.6) is 0 Å². The lowest BCUT2D eigenvalue weighted by Gasteiger charge is -2.20. The number of aromatic amines is 1. The Hall–Kier alpha value is -5.48. The summed E-state index contributed by atoms with van der Waals surface area (Å²) in [6.07, 6.45) is 2.88. The first kappa shape index (κ1) is 27.1. The van der Waals surface area contributed by atoms with Crippen LogP contribution in [0.4, 0.5) is 20.4 Å². The molecule has 3 aromatic heterocycles. The van der Waals surface area contributed by atoms with Crippen molar-refractivity contribution in [2.45, 2.75) is 19.0 Å². The number of amides is 1. The average molecular weight is 556 g/mol. The molecule has 0 fully saturated rings. The molecule has 0 aliphatic heterocycles. The van der Waals surface area contributed by atoms with E-state index in [9.17, 15) is 23.9 Å². The van der Waals surface area contributed by atoms with Gasteiger partial charge in [0.2, 0.25) is 0 Å². The van der Waals surface area contributed by atoms with Crippen molar-refractivity contribution in [1.82, 2.24) is 30.5 Å². The van der Waals surface area contributed by atoms with Gasteiger partial charge in [0.05, 0.1) is 30.3 Å². The van der Waals surface area contributed by atoms with Gasteiger partial charge in [0, 0.05) is 11.8 Å². The number of pyridine rings is 1. The molecule has 5 aromatic rings. The molecule has 1 amide bonds. The average Bonchev–Trinajstić information content (AvgIpc) is 3.37. The SMILES string of the molecule is C[C@H](NC(=O)c1nc(C#N)cnc1N[C@H](CO)c1ccc(-c2cnc3[nH]nc(N)c3c2)cc1)c1ccc(F)c(F)c1. The molecule has 0 aliphatic carbocycles. The number of H-pyrrole nitrogens is 1. The van der Waals surface area contributed by atoms with Crippen molar-refractivity contribution < 1.29 is 18.7 Å². The monoisotopic (exact) mass is 555 g/mol. The summed E-state index contributed by atoms with van der Waals surface area (Å²) in [4.78, 5) is 25.8. The highest BCUT2D eigenvalue weighted by Gasteiger charge is 2.22. The Labute approximate surface area is 232 Å². The first-order valence-corrected chi connectivity index (χ1v) is 12.4. The number of carbonyl (C=O) groups is 1. The summed E-state index contributed by atoms with van der Waals surface area (Å²) >= 11 is 0. The number of hydrogen-bond donors (Lipinski definition) is 5. The van der Waals surface area contributed by atoms with Crippen molar-refractivity contribution >= 4 is 28.6 Å². The van der Waals surface area contributed by atoms with E-state index in [0.29, 0.717) is 28.0 Å². The molecular formula is C28H23F2N9O2. The molecule has 13 heteroatoms. The number of aliphatic hydroxyl groups excluding tert-OH is 1. The number of aromatic nitrogens is 5. The number of hydrogen-bond acceptors (Lipinski definition) is 9. The number of nitrogens with zero attached hydrogens (tertiary/aromatic N) is 5. The zero-order chi connectivity index (χ0) is 29.1. The van der Waals surface area contributed by atoms with Crippen LogP contribution < -0.4 is 16.4 Å². The summed E-state index contributed by atoms with van der Waals surface area (Å²) in [7, 11) is 0. The third-order valence-corrected chi connectivity index (χ3v) is 6.48. The highest BCUT2D eigenvalue weighted by atomic mass is 19.2. The number of nitrogen functional groups attached to an aromatic ring is 1. The first-order chi connectivity index (χ1) is 19.8. The molecule has 11 nitrogen and oxygen atoms in total. The van der Waals surface area contributed by atoms with Gasteiger partial charge in [0.15, 0.2) is 40.3 Å². The third-order valence-electron chi connectivity index (χ3n) is 6.48. The smallest absolute Gasteiger partial charge is 0.274 e. The van der Waals surface area contributed by atoms with Crippen molar-refractivity contribution in [2.75, 3.05) is 17.7 Å². The number of rotatable bonds is 8. The number of nitriles is 1. The van der Waals surface area contributed by atoms with Gasteiger partial charge in [0.1, 0.15) is 6.07 Å². The maximum absolute atomic E-state index is 13.7. The first-order valence-electron chi connectivity index (χ1n) is 12.4. The number of halogens is 2. The number of anilines is 2. The molecule has 0 radical (unpaired) electrons. The molecule has 2 aromatic carbocycles. The largest absolute Gasteiger partial charge is 0.394 e. The second-order valence-corrected chi connectivity index (χ2v) is 9.16. The number of carbonyl (C=O) groups excluding carboxylic acids is 1. The van der Waals surface area contributed by atoms with Gasteiger partial charge >= 0.3 is 0 Å². The van der Waals surface area contributed by atoms with Crippen LogP contribution in [-0.2, 0) is 0 Å². The van der Waals surface area contributed by atoms with Gasteiger partial charge in [-0.25, -0.2) is 23.7 Å². The minimum atomic E-state index is -1.04. The lowest BCUT2D eigenvalue weighted by atomic mass is 10.0. The molecule has 2 atom stereocenters. The van der Waals surface area contributed by atoms with E-state index in [1.807, 2.05) is 24.3 Å². The van der Waals surface area contributed by atoms with Gasteiger partial charge in [-0.15, -0.1) is 0 Å². The van der Waals surface area contributed by atoms with E-state index < -0.39 is 29.6 Å². The molecule has 0 aliphatic rings. The Morgan fingerprint density at radius 2 is 1.83 bits per heavy atom. The van der Waals surface area contributed by atoms with E-state index >= 15 is 0 Å². The summed E-state index contributed by atoms with van der Waals surface area (Å²) < 4.78 is 27.0. The summed E-state index contributed by atoms with van der Waals surface area (Å²) in [5, 5.41) is 32.5. The number of aliphatic hydroxyl groups is 1. The highest BCUT2D eigenvalue weighted by Crippen LogP contribution is 2.27. The molecule has 41 heavy (non-hydrogen) atoms. The summed E-state index contributed by atoms with van der Waals surface area (Å²) in [6, 6.07) is 12.9. The maximum Gasteiger partial charge on any atom is 0.274 e. The Balaban J connectivity index is 1.37. The number of fused-ring (bicyclic) bond motifs is 1. The molecule has 0 spiro atoms. The van der Waals surface area contributed by atoms with Crippen LogP contribution in [0.3, 0.4) is 0 Å². The van der Waals surface area contributed by atoms with Crippen LogP contribution in [-0.4, -0.2) is 42.8 Å². The molecular weight excluding hydrogens is 532 g/mol. The quantitative estimate of drug-likeness (QED) is 0.190. The fourth-order valence-electron chi connectivity index (χ4n) is 4.22. The summed E-state index contributed by atoms with van der Waals surface area (Å²) in [5.41, 5.74) is 8.85. The Bertz CT molecular complexity index is 1780. The van der Waals surface area contributed by atoms with Gasteiger partial charge in [0.25, 0.3) is 5.91 Å². The molecule has 6 N–H and O–H groups in total. The molecule has 3 heterocycles. The van der Waals surface area contributed by atoms with E-state index in [-0.39, 0.29) is 23.8 Å². The predicted octanol–water partition coefficient (Wildman–Crippen LogP) is 3.78. The molecule has 206 valence electrons. The molecule has 5 rings (SSSR count).